The Morgan fingerprint density at radius 3 is 2.59 bits per heavy atom. The number of nitrogens with zero attached hydrogens (tertiary/aromatic N) is 3. The number of aryl methyl sites for hydroxylation is 1. The van der Waals surface area contributed by atoms with Crippen molar-refractivity contribution in [2.45, 2.75) is 45.8 Å². The zero-order valence-electron chi connectivity index (χ0n) is 17.6. The van der Waals surface area contributed by atoms with E-state index in [-0.39, 0.29) is 22.1 Å². The minimum Gasteiger partial charge on any atom is -0.448 e. The highest BCUT2D eigenvalue weighted by molar-refractivity contribution is 6.36. The third-order valence-electron chi connectivity index (χ3n) is 4.74. The summed E-state index contributed by atoms with van der Waals surface area (Å²) in [6.07, 6.45) is 2.83. The number of pyridine rings is 1. The van der Waals surface area contributed by atoms with Gasteiger partial charge < -0.3 is 10.1 Å². The smallest absolute Gasteiger partial charge is 0.360 e. The highest BCUT2D eigenvalue weighted by atomic mass is 35.5. The first-order chi connectivity index (χ1) is 15.3. The van der Waals surface area contributed by atoms with E-state index in [0.29, 0.717) is 22.3 Å². The van der Waals surface area contributed by atoms with Gasteiger partial charge in [0.2, 0.25) is 0 Å². The lowest BCUT2D eigenvalue weighted by atomic mass is 10.1. The molecule has 0 aliphatic rings. The van der Waals surface area contributed by atoms with Crippen LogP contribution in [0.25, 0.3) is 10.8 Å². The maximum Gasteiger partial charge on any atom is 0.360 e. The van der Waals surface area contributed by atoms with Gasteiger partial charge in [-0.3, -0.25) is 9.59 Å². The lowest BCUT2D eigenvalue weighted by Crippen LogP contribution is -2.32. The standard InChI is InChI=1S/C22H22Cl2N4O4/c1-3-4-7-10-28-21(30)16-9-6-5-8-15(16)18(27-28)22(31)32-13(2)20(29)26-19-17(24)11-14(23)12-25-19/h5-6,8-9,11-13H,3-4,7,10H2,1-2H3,(H,25,26,29). The number of fused-ring (bicyclic) bond motifs is 1. The van der Waals surface area contributed by atoms with Crippen LogP contribution in [-0.4, -0.2) is 32.7 Å². The van der Waals surface area contributed by atoms with E-state index < -0.39 is 18.0 Å². The number of hydrogen-bond donors (Lipinski definition) is 1. The van der Waals surface area contributed by atoms with Crippen LogP contribution in [0.15, 0.2) is 41.3 Å². The summed E-state index contributed by atoms with van der Waals surface area (Å²) in [6, 6.07) is 8.11. The summed E-state index contributed by atoms with van der Waals surface area (Å²) in [5, 5.41) is 7.93. The molecule has 0 fully saturated rings. The molecule has 1 amide bonds. The summed E-state index contributed by atoms with van der Waals surface area (Å²) in [6.45, 7) is 3.85. The van der Waals surface area contributed by atoms with Crippen molar-refractivity contribution in [1.29, 1.82) is 0 Å². The molecule has 1 atom stereocenters. The number of nitrogens with one attached hydrogen (secondary N) is 1. The Morgan fingerprint density at radius 2 is 1.91 bits per heavy atom. The van der Waals surface area contributed by atoms with E-state index in [9.17, 15) is 14.4 Å². The Hall–Kier alpha value is -2.97. The number of unbranched alkanes of at least 4 members (excludes halogenated alkanes) is 2. The highest BCUT2D eigenvalue weighted by Crippen LogP contribution is 2.23. The predicted octanol–water partition coefficient (Wildman–Crippen LogP) is 4.47. The molecule has 3 aromatic rings. The molecule has 168 valence electrons. The van der Waals surface area contributed by atoms with E-state index >= 15 is 0 Å². The van der Waals surface area contributed by atoms with Gasteiger partial charge in [0.1, 0.15) is 0 Å². The van der Waals surface area contributed by atoms with Crippen LogP contribution in [0.2, 0.25) is 10.0 Å². The van der Waals surface area contributed by atoms with Gasteiger partial charge in [-0.25, -0.2) is 14.5 Å². The van der Waals surface area contributed by atoms with Crippen molar-refractivity contribution in [3.05, 3.63) is 62.6 Å². The summed E-state index contributed by atoms with van der Waals surface area (Å²) in [4.78, 5) is 42.1. The topological polar surface area (TPSA) is 103 Å². The van der Waals surface area contributed by atoms with Crippen LogP contribution >= 0.6 is 23.2 Å². The Labute approximate surface area is 194 Å². The third kappa shape index (κ3) is 5.44. The first kappa shape index (κ1) is 23.7. The zero-order valence-corrected chi connectivity index (χ0v) is 19.1. The summed E-state index contributed by atoms with van der Waals surface area (Å²) in [7, 11) is 0. The normalized spacial score (nSPS) is 11.9. The van der Waals surface area contributed by atoms with E-state index in [1.165, 1.54) is 23.9 Å². The molecule has 8 nitrogen and oxygen atoms in total. The lowest BCUT2D eigenvalue weighted by Gasteiger charge is -2.15. The molecule has 0 saturated heterocycles. The largest absolute Gasteiger partial charge is 0.448 e. The number of hydrogen-bond acceptors (Lipinski definition) is 6. The van der Waals surface area contributed by atoms with Gasteiger partial charge in [-0.05, 0) is 25.5 Å². The molecule has 0 spiro atoms. The number of ether oxygens (including phenoxy) is 1. The second kappa shape index (κ2) is 10.6. The van der Waals surface area contributed by atoms with Crippen LogP contribution in [-0.2, 0) is 16.1 Å². The Bertz CT molecular complexity index is 1210. The second-order valence-electron chi connectivity index (χ2n) is 7.15. The maximum atomic E-state index is 12.9. The molecule has 32 heavy (non-hydrogen) atoms. The number of anilines is 1. The zero-order chi connectivity index (χ0) is 23.3. The molecule has 2 heterocycles. The summed E-state index contributed by atoms with van der Waals surface area (Å²) >= 11 is 11.8. The fourth-order valence-corrected chi connectivity index (χ4v) is 3.47. The van der Waals surface area contributed by atoms with Gasteiger partial charge in [-0.15, -0.1) is 0 Å². The fourth-order valence-electron chi connectivity index (χ4n) is 3.04. The second-order valence-corrected chi connectivity index (χ2v) is 7.99. The number of halogens is 2. The first-order valence-corrected chi connectivity index (χ1v) is 10.9. The molecule has 0 saturated carbocycles. The molecule has 0 aliphatic heterocycles. The number of aromatic nitrogens is 3. The van der Waals surface area contributed by atoms with Crippen LogP contribution in [0.5, 0.6) is 0 Å². The monoisotopic (exact) mass is 476 g/mol. The third-order valence-corrected chi connectivity index (χ3v) is 5.23. The molecule has 1 unspecified atom stereocenters. The van der Waals surface area contributed by atoms with Gasteiger partial charge in [0, 0.05) is 18.1 Å². The van der Waals surface area contributed by atoms with Gasteiger partial charge in [0.25, 0.3) is 11.5 Å². The molecule has 0 radical (unpaired) electrons. The van der Waals surface area contributed by atoms with Crippen molar-refractivity contribution in [2.75, 3.05) is 5.32 Å². The van der Waals surface area contributed by atoms with E-state index in [2.05, 4.69) is 22.3 Å². The van der Waals surface area contributed by atoms with Gasteiger partial charge in [-0.2, -0.15) is 5.10 Å². The van der Waals surface area contributed by atoms with Crippen LogP contribution in [0, 0.1) is 0 Å². The molecular formula is C22H22Cl2N4O4. The van der Waals surface area contributed by atoms with Crippen LogP contribution in [0.4, 0.5) is 5.82 Å². The Balaban J connectivity index is 1.83. The molecule has 10 heteroatoms. The van der Waals surface area contributed by atoms with Gasteiger partial charge in [0.15, 0.2) is 17.6 Å². The number of carbonyl (C=O) groups is 2. The van der Waals surface area contributed by atoms with Gasteiger partial charge >= 0.3 is 5.97 Å². The average Bonchev–Trinajstić information content (AvgIpc) is 2.77. The van der Waals surface area contributed by atoms with Crippen LogP contribution < -0.4 is 10.9 Å². The van der Waals surface area contributed by atoms with E-state index in [1.54, 1.807) is 24.3 Å². The SMILES string of the molecule is CCCCCn1nc(C(=O)OC(C)C(=O)Nc2ncc(Cl)cc2Cl)c2ccccc2c1=O. The Morgan fingerprint density at radius 1 is 1.19 bits per heavy atom. The minimum absolute atomic E-state index is 0.0287. The number of carbonyl (C=O) groups excluding carboxylic acids is 2. The van der Waals surface area contributed by atoms with E-state index in [4.69, 9.17) is 27.9 Å². The molecular weight excluding hydrogens is 455 g/mol. The quantitative estimate of drug-likeness (QED) is 0.379. The van der Waals surface area contributed by atoms with Crippen molar-refractivity contribution in [3.63, 3.8) is 0 Å². The highest BCUT2D eigenvalue weighted by Gasteiger charge is 2.24. The maximum absolute atomic E-state index is 12.9. The minimum atomic E-state index is -1.17. The lowest BCUT2D eigenvalue weighted by molar-refractivity contribution is -0.123. The van der Waals surface area contributed by atoms with Crippen molar-refractivity contribution in [3.8, 4) is 0 Å². The van der Waals surface area contributed by atoms with Crippen LogP contribution in [0.1, 0.15) is 43.6 Å². The predicted molar refractivity (Wildman–Crippen MR) is 123 cm³/mol. The van der Waals surface area contributed by atoms with Crippen molar-refractivity contribution >= 4 is 51.7 Å². The molecule has 2 aromatic heterocycles. The summed E-state index contributed by atoms with van der Waals surface area (Å²) in [5.74, 6) is -1.35. The Kier molecular flexibility index (Phi) is 7.82. The van der Waals surface area contributed by atoms with Gasteiger partial charge in [0.05, 0.1) is 15.4 Å². The fraction of sp³-hybridized carbons (Fsp3) is 0.318. The number of amides is 1. The van der Waals surface area contributed by atoms with Gasteiger partial charge in [-0.1, -0.05) is 61.2 Å². The van der Waals surface area contributed by atoms with Crippen molar-refractivity contribution in [2.24, 2.45) is 0 Å². The number of benzene rings is 1. The molecule has 1 aromatic carbocycles. The van der Waals surface area contributed by atoms with Crippen LogP contribution in [0.3, 0.4) is 0 Å². The summed E-state index contributed by atoms with van der Waals surface area (Å²) < 4.78 is 6.61. The van der Waals surface area contributed by atoms with Crippen molar-refractivity contribution < 1.29 is 14.3 Å². The van der Waals surface area contributed by atoms with Crippen molar-refractivity contribution in [1.82, 2.24) is 14.8 Å². The number of esters is 1. The molecule has 1 N–H and O–H groups in total. The molecule has 3 rings (SSSR count). The average molecular weight is 477 g/mol. The molecule has 0 aliphatic carbocycles. The molecule has 0 bridgehead atoms. The van der Waals surface area contributed by atoms with E-state index in [0.717, 1.165) is 19.3 Å². The van der Waals surface area contributed by atoms with E-state index in [1.807, 2.05) is 0 Å². The number of rotatable bonds is 8. The first-order valence-electron chi connectivity index (χ1n) is 10.1. The summed E-state index contributed by atoms with van der Waals surface area (Å²) in [5.41, 5.74) is -0.304.